The van der Waals surface area contributed by atoms with E-state index in [0.717, 1.165) is 49.5 Å². The van der Waals surface area contributed by atoms with E-state index in [1.165, 1.54) is 6.42 Å². The number of hydrogen-bond donors (Lipinski definition) is 1. The summed E-state index contributed by atoms with van der Waals surface area (Å²) in [7, 11) is 0. The maximum atomic E-state index is 4.58. The number of anilines is 1. The Morgan fingerprint density at radius 1 is 1.25 bits per heavy atom. The molecule has 4 heteroatoms. The third-order valence-electron chi connectivity index (χ3n) is 4.21. The van der Waals surface area contributed by atoms with E-state index in [9.17, 15) is 0 Å². The van der Waals surface area contributed by atoms with Crippen molar-refractivity contribution in [3.8, 4) is 0 Å². The number of nitrogens with zero attached hydrogens (tertiary/aromatic N) is 3. The Bertz CT molecular complexity index is 401. The highest BCUT2D eigenvalue weighted by Gasteiger charge is 2.23. The molecule has 1 aromatic heterocycles. The van der Waals surface area contributed by atoms with E-state index in [1.807, 2.05) is 12.4 Å². The second-order valence-electron chi connectivity index (χ2n) is 6.58. The number of aromatic nitrogens is 2. The van der Waals surface area contributed by atoms with Crippen LogP contribution in [0.4, 0.5) is 5.82 Å². The summed E-state index contributed by atoms with van der Waals surface area (Å²) in [5.41, 5.74) is 1.02. The average Bonchev–Trinajstić information content (AvgIpc) is 2.42. The molecule has 0 bridgehead atoms. The SMILES string of the molecule is CC(C)CNCc1cnc(N2CCC(C)C(C)C2)cn1. The molecule has 2 rings (SSSR count). The molecule has 112 valence electrons. The van der Waals surface area contributed by atoms with Crippen molar-refractivity contribution in [2.45, 2.75) is 40.7 Å². The minimum atomic E-state index is 0.666. The van der Waals surface area contributed by atoms with Gasteiger partial charge >= 0.3 is 0 Å². The van der Waals surface area contributed by atoms with Crippen LogP contribution < -0.4 is 10.2 Å². The summed E-state index contributed by atoms with van der Waals surface area (Å²) in [5.74, 6) is 3.24. The molecule has 2 atom stereocenters. The van der Waals surface area contributed by atoms with E-state index < -0.39 is 0 Å². The van der Waals surface area contributed by atoms with Gasteiger partial charge in [-0.25, -0.2) is 4.98 Å². The highest BCUT2D eigenvalue weighted by molar-refractivity contribution is 5.36. The third-order valence-corrected chi connectivity index (χ3v) is 4.21. The van der Waals surface area contributed by atoms with Crippen molar-refractivity contribution >= 4 is 5.82 Å². The van der Waals surface area contributed by atoms with Gasteiger partial charge in [-0.05, 0) is 30.7 Å². The Hall–Kier alpha value is -1.16. The minimum absolute atomic E-state index is 0.666. The summed E-state index contributed by atoms with van der Waals surface area (Å²) < 4.78 is 0. The topological polar surface area (TPSA) is 41.1 Å². The second kappa shape index (κ2) is 7.02. The van der Waals surface area contributed by atoms with E-state index in [-0.39, 0.29) is 0 Å². The first-order valence-corrected chi connectivity index (χ1v) is 7.83. The molecule has 4 nitrogen and oxygen atoms in total. The van der Waals surface area contributed by atoms with Crippen LogP contribution in [0, 0.1) is 17.8 Å². The van der Waals surface area contributed by atoms with Crippen molar-refractivity contribution in [1.82, 2.24) is 15.3 Å². The molecule has 1 saturated heterocycles. The highest BCUT2D eigenvalue weighted by Crippen LogP contribution is 2.25. The Balaban J connectivity index is 1.88. The van der Waals surface area contributed by atoms with Gasteiger partial charge in [0, 0.05) is 19.6 Å². The molecule has 1 aliphatic rings. The van der Waals surface area contributed by atoms with Crippen LogP contribution in [0.2, 0.25) is 0 Å². The van der Waals surface area contributed by atoms with Crippen LogP contribution in [-0.4, -0.2) is 29.6 Å². The van der Waals surface area contributed by atoms with Gasteiger partial charge in [0.1, 0.15) is 5.82 Å². The monoisotopic (exact) mass is 276 g/mol. The van der Waals surface area contributed by atoms with Crippen LogP contribution in [0.25, 0.3) is 0 Å². The van der Waals surface area contributed by atoms with Crippen LogP contribution in [-0.2, 0) is 6.54 Å². The van der Waals surface area contributed by atoms with Gasteiger partial charge in [0.05, 0.1) is 18.1 Å². The van der Waals surface area contributed by atoms with Crippen LogP contribution in [0.1, 0.15) is 39.8 Å². The number of nitrogens with one attached hydrogen (secondary N) is 1. The fourth-order valence-electron chi connectivity index (χ4n) is 2.56. The van der Waals surface area contributed by atoms with E-state index >= 15 is 0 Å². The summed E-state index contributed by atoms with van der Waals surface area (Å²) in [4.78, 5) is 11.5. The molecule has 2 heterocycles. The van der Waals surface area contributed by atoms with Crippen molar-refractivity contribution in [2.75, 3.05) is 24.5 Å². The fourth-order valence-corrected chi connectivity index (χ4v) is 2.56. The van der Waals surface area contributed by atoms with Gasteiger partial charge in [0.15, 0.2) is 0 Å². The maximum absolute atomic E-state index is 4.58. The lowest BCUT2D eigenvalue weighted by molar-refractivity contribution is 0.322. The van der Waals surface area contributed by atoms with E-state index in [0.29, 0.717) is 5.92 Å². The summed E-state index contributed by atoms with van der Waals surface area (Å²) >= 11 is 0. The van der Waals surface area contributed by atoms with E-state index in [1.54, 1.807) is 0 Å². The van der Waals surface area contributed by atoms with Gasteiger partial charge in [-0.15, -0.1) is 0 Å². The first-order valence-electron chi connectivity index (χ1n) is 7.83. The van der Waals surface area contributed by atoms with Gasteiger partial charge < -0.3 is 10.2 Å². The molecule has 0 aromatic carbocycles. The normalized spacial score (nSPS) is 23.4. The Morgan fingerprint density at radius 3 is 2.65 bits per heavy atom. The molecular weight excluding hydrogens is 248 g/mol. The van der Waals surface area contributed by atoms with Crippen molar-refractivity contribution < 1.29 is 0 Å². The predicted octanol–water partition coefficient (Wildman–Crippen LogP) is 2.70. The molecule has 0 aliphatic carbocycles. The number of piperidine rings is 1. The molecule has 1 aromatic rings. The van der Waals surface area contributed by atoms with Crippen LogP contribution >= 0.6 is 0 Å². The summed E-state index contributed by atoms with van der Waals surface area (Å²) in [6, 6.07) is 0. The molecule has 1 aliphatic heterocycles. The lowest BCUT2D eigenvalue weighted by atomic mass is 9.89. The first kappa shape index (κ1) is 15.2. The van der Waals surface area contributed by atoms with Gasteiger partial charge in [-0.3, -0.25) is 4.98 Å². The van der Waals surface area contributed by atoms with Gasteiger partial charge in [0.2, 0.25) is 0 Å². The zero-order valence-corrected chi connectivity index (χ0v) is 13.3. The average molecular weight is 276 g/mol. The summed E-state index contributed by atoms with van der Waals surface area (Å²) in [5, 5.41) is 3.40. The molecule has 0 saturated carbocycles. The number of rotatable bonds is 5. The van der Waals surface area contributed by atoms with E-state index in [2.05, 4.69) is 47.9 Å². The molecule has 2 unspecified atom stereocenters. The zero-order valence-electron chi connectivity index (χ0n) is 13.3. The lowest BCUT2D eigenvalue weighted by Gasteiger charge is -2.35. The molecule has 1 N–H and O–H groups in total. The highest BCUT2D eigenvalue weighted by atomic mass is 15.2. The Kier molecular flexibility index (Phi) is 5.35. The van der Waals surface area contributed by atoms with Crippen molar-refractivity contribution in [1.29, 1.82) is 0 Å². The summed E-state index contributed by atoms with van der Waals surface area (Å²) in [6.45, 7) is 13.1. The first-order chi connectivity index (χ1) is 9.56. The summed E-state index contributed by atoms with van der Waals surface area (Å²) in [6.07, 6.45) is 5.08. The van der Waals surface area contributed by atoms with Gasteiger partial charge in [-0.2, -0.15) is 0 Å². The van der Waals surface area contributed by atoms with E-state index in [4.69, 9.17) is 0 Å². The van der Waals surface area contributed by atoms with Crippen molar-refractivity contribution in [3.63, 3.8) is 0 Å². The van der Waals surface area contributed by atoms with Gasteiger partial charge in [-0.1, -0.05) is 27.7 Å². The van der Waals surface area contributed by atoms with Crippen molar-refractivity contribution in [3.05, 3.63) is 18.1 Å². The number of hydrogen-bond acceptors (Lipinski definition) is 4. The van der Waals surface area contributed by atoms with Crippen molar-refractivity contribution in [2.24, 2.45) is 17.8 Å². The lowest BCUT2D eigenvalue weighted by Crippen LogP contribution is -2.38. The maximum Gasteiger partial charge on any atom is 0.147 e. The smallest absolute Gasteiger partial charge is 0.147 e. The Labute approximate surface area is 123 Å². The molecule has 0 amide bonds. The third kappa shape index (κ3) is 4.17. The molecule has 20 heavy (non-hydrogen) atoms. The van der Waals surface area contributed by atoms with Crippen LogP contribution in [0.15, 0.2) is 12.4 Å². The Morgan fingerprint density at radius 2 is 2.05 bits per heavy atom. The minimum Gasteiger partial charge on any atom is -0.355 e. The zero-order chi connectivity index (χ0) is 14.5. The quantitative estimate of drug-likeness (QED) is 0.898. The standard InChI is InChI=1S/C16H28N4/c1-12(2)7-17-8-15-9-19-16(10-18-15)20-6-5-13(3)14(4)11-20/h9-10,12-14,17H,5-8,11H2,1-4H3. The molecule has 0 radical (unpaired) electrons. The molecular formula is C16H28N4. The largest absolute Gasteiger partial charge is 0.355 e. The molecule has 0 spiro atoms. The van der Waals surface area contributed by atoms with Crippen LogP contribution in [0.5, 0.6) is 0 Å². The van der Waals surface area contributed by atoms with Crippen LogP contribution in [0.3, 0.4) is 0 Å². The molecule has 1 fully saturated rings. The van der Waals surface area contributed by atoms with Gasteiger partial charge in [0.25, 0.3) is 0 Å². The fraction of sp³-hybridized carbons (Fsp3) is 0.750. The predicted molar refractivity (Wildman–Crippen MR) is 83.7 cm³/mol. The second-order valence-corrected chi connectivity index (χ2v) is 6.58.